The Balaban J connectivity index is 0.000000276. The lowest BCUT2D eigenvalue weighted by Crippen LogP contribution is -2.43. The molecule has 0 aromatic carbocycles. The van der Waals surface area contributed by atoms with E-state index in [1.165, 1.54) is 11.5 Å². The van der Waals surface area contributed by atoms with E-state index in [9.17, 15) is 40.8 Å². The Hall–Kier alpha value is -2.48. The summed E-state index contributed by atoms with van der Waals surface area (Å²) in [4.78, 5) is 52.1. The zero-order valence-electron chi connectivity index (χ0n) is 30.8. The van der Waals surface area contributed by atoms with Crippen LogP contribution in [0.15, 0.2) is 31.6 Å². The summed E-state index contributed by atoms with van der Waals surface area (Å²) in [7, 11) is -5.93. The van der Waals surface area contributed by atoms with Crippen molar-refractivity contribution in [2.24, 2.45) is 11.8 Å². The molecule has 0 spiro atoms. The van der Waals surface area contributed by atoms with E-state index in [0.717, 1.165) is 43.0 Å². The summed E-state index contributed by atoms with van der Waals surface area (Å²) in [5, 5.41) is 3.71. The number of unbranched alkanes of at least 4 members (excludes halogenated alkanes) is 1. The van der Waals surface area contributed by atoms with Crippen molar-refractivity contribution in [2.45, 2.75) is 135 Å². The molecule has 2 aromatic heterocycles. The molecule has 5 heterocycles. The van der Waals surface area contributed by atoms with Crippen LogP contribution in [0.2, 0.25) is 0 Å². The second kappa shape index (κ2) is 18.0. The highest BCUT2D eigenvalue weighted by Gasteiger charge is 2.58. The number of nitrogens with zero attached hydrogens (tertiary/aromatic N) is 2. The van der Waals surface area contributed by atoms with Gasteiger partial charge >= 0.3 is 27.0 Å². The van der Waals surface area contributed by atoms with E-state index in [1.54, 1.807) is 27.0 Å². The van der Waals surface area contributed by atoms with Gasteiger partial charge in [-0.2, -0.15) is 21.6 Å². The van der Waals surface area contributed by atoms with Crippen molar-refractivity contribution in [1.29, 1.82) is 0 Å². The van der Waals surface area contributed by atoms with Crippen LogP contribution < -0.4 is 27.8 Å². The van der Waals surface area contributed by atoms with Crippen molar-refractivity contribution in [3.63, 3.8) is 0 Å². The van der Waals surface area contributed by atoms with Crippen LogP contribution in [0.5, 0.6) is 0 Å². The first-order valence-electron chi connectivity index (χ1n) is 17.5. The van der Waals surface area contributed by atoms with E-state index in [-0.39, 0.29) is 34.3 Å². The molecule has 0 amide bonds. The third-order valence-electron chi connectivity index (χ3n) is 10.7. The molecule has 20 heteroatoms. The molecular formula is C33H50Cl2F3N5O9S. The van der Waals surface area contributed by atoms with Crippen molar-refractivity contribution in [3.8, 4) is 0 Å². The number of aryl methyl sites for hydroxylation is 2. The van der Waals surface area contributed by atoms with Crippen LogP contribution in [0.3, 0.4) is 0 Å². The number of alkyl halides is 5. The first kappa shape index (κ1) is 44.9. The van der Waals surface area contributed by atoms with Gasteiger partial charge in [0.15, 0.2) is 12.5 Å². The summed E-state index contributed by atoms with van der Waals surface area (Å²) in [6.45, 7) is 13.6. The number of H-pyrrole nitrogens is 2. The Morgan fingerprint density at radius 3 is 1.91 bits per heavy atom. The molecule has 0 saturated carbocycles. The predicted molar refractivity (Wildman–Crippen MR) is 194 cm³/mol. The SMILES string of the molecule is CCCC[C@]1(CC)O[C@@H](n2cc(C)c(=O)[nH]c2=O)[C@@H](OS(=O)(=O)C(F)(F)F)[C@@H]1C.CC[C@@]12CCCN[C@@H]([C@H](n3cc(C)c(=O)[nH]c3=O)O1)[C@@H]2C.ClCCl. The monoisotopic (exact) mass is 819 g/mol. The predicted octanol–water partition coefficient (Wildman–Crippen LogP) is 4.92. The fourth-order valence-corrected chi connectivity index (χ4v) is 8.09. The topological polar surface area (TPSA) is 184 Å². The minimum atomic E-state index is -5.93. The summed E-state index contributed by atoms with van der Waals surface area (Å²) < 4.78 is 81.6. The molecule has 5 rings (SSSR count). The van der Waals surface area contributed by atoms with Crippen LogP contribution >= 0.6 is 23.2 Å². The smallest absolute Gasteiger partial charge is 0.349 e. The van der Waals surface area contributed by atoms with Gasteiger partial charge in [0.25, 0.3) is 11.1 Å². The largest absolute Gasteiger partial charge is 0.523 e. The maximum atomic E-state index is 12.9. The molecule has 3 saturated heterocycles. The minimum Gasteiger partial charge on any atom is -0.349 e. The average molecular weight is 821 g/mol. The number of ether oxygens (including phenoxy) is 2. The molecule has 0 aliphatic carbocycles. The number of halogens is 5. The van der Waals surface area contributed by atoms with Gasteiger partial charge in [-0.15, -0.1) is 23.2 Å². The second-order valence-electron chi connectivity index (χ2n) is 13.6. The van der Waals surface area contributed by atoms with Crippen molar-refractivity contribution in [1.82, 2.24) is 24.4 Å². The normalized spacial score (nSPS) is 29.8. The lowest BCUT2D eigenvalue weighted by Gasteiger charge is -2.32. The van der Waals surface area contributed by atoms with Gasteiger partial charge < -0.3 is 14.8 Å². The van der Waals surface area contributed by atoms with E-state index < -0.39 is 56.4 Å². The minimum absolute atomic E-state index is 0.0930. The standard InChI is InChI=1S/C17H25F3N2O6S.C15H23N3O3.CH2Cl2/c1-5-7-8-16(6-2)11(4)12(28-29(25,26)17(18,19)20)14(27-16)22-9-10(3)13(23)21-15(22)24;1-4-15-6-5-7-16-11(10(15)3)13(21-15)18-8-9(2)12(19)17-14(18)20;2-1-3/h9,11-12,14H,5-8H2,1-4H3,(H,21,23,24);8,10-11,13,16H,4-7H2,1-3H3,(H,17,19,20);1H2/t11-,12-,14+,16-;10-,11+,13+,15-;/m00./s1. The summed E-state index contributed by atoms with van der Waals surface area (Å²) in [5.41, 5.74) is -8.48. The molecule has 14 nitrogen and oxygen atoms in total. The summed E-state index contributed by atoms with van der Waals surface area (Å²) in [6.07, 6.45) is 4.61. The first-order chi connectivity index (χ1) is 24.7. The van der Waals surface area contributed by atoms with Gasteiger partial charge in [0.2, 0.25) is 0 Å². The first-order valence-corrected chi connectivity index (χ1v) is 20.0. The summed E-state index contributed by atoms with van der Waals surface area (Å²) in [5.74, 6) is -0.450. The van der Waals surface area contributed by atoms with Crippen LogP contribution in [0.25, 0.3) is 0 Å². The maximum absolute atomic E-state index is 12.9. The highest BCUT2D eigenvalue weighted by atomic mass is 35.5. The number of hydrogen-bond acceptors (Lipinski definition) is 10. The fraction of sp³-hybridized carbons (Fsp3) is 0.758. The van der Waals surface area contributed by atoms with Crippen LogP contribution in [-0.2, 0) is 23.8 Å². The molecule has 0 radical (unpaired) electrons. The Morgan fingerprint density at radius 2 is 1.43 bits per heavy atom. The quantitative estimate of drug-likeness (QED) is 0.179. The lowest BCUT2D eigenvalue weighted by atomic mass is 9.81. The van der Waals surface area contributed by atoms with Gasteiger partial charge in [-0.25, -0.2) is 9.59 Å². The lowest BCUT2D eigenvalue weighted by molar-refractivity contribution is -0.102. The van der Waals surface area contributed by atoms with E-state index in [0.29, 0.717) is 30.7 Å². The van der Waals surface area contributed by atoms with Crippen molar-refractivity contribution < 1.29 is 35.2 Å². The number of hydrogen-bond donors (Lipinski definition) is 3. The maximum Gasteiger partial charge on any atom is 0.523 e. The number of nitrogens with one attached hydrogen (secondary N) is 3. The van der Waals surface area contributed by atoms with Crippen molar-refractivity contribution in [2.75, 3.05) is 11.9 Å². The van der Waals surface area contributed by atoms with Gasteiger partial charge in [-0.05, 0) is 52.5 Å². The molecule has 8 atom stereocenters. The molecule has 53 heavy (non-hydrogen) atoms. The number of fused-ring (bicyclic) bond motifs is 2. The van der Waals surface area contributed by atoms with Crippen LogP contribution in [0.1, 0.15) is 103 Å². The molecule has 3 N–H and O–H groups in total. The highest BCUT2D eigenvalue weighted by molar-refractivity contribution is 7.87. The molecule has 3 aliphatic rings. The van der Waals surface area contributed by atoms with E-state index in [1.807, 2.05) is 11.9 Å². The molecule has 2 bridgehead atoms. The molecule has 3 fully saturated rings. The van der Waals surface area contributed by atoms with E-state index >= 15 is 0 Å². The Bertz CT molecular complexity index is 1900. The van der Waals surface area contributed by atoms with Gasteiger partial charge in [0.05, 0.1) is 22.6 Å². The van der Waals surface area contributed by atoms with E-state index in [4.69, 9.17) is 32.7 Å². The second-order valence-corrected chi connectivity index (χ2v) is 16.0. The van der Waals surface area contributed by atoms with Gasteiger partial charge in [-0.1, -0.05) is 47.5 Å². The molecule has 3 aliphatic heterocycles. The van der Waals surface area contributed by atoms with Crippen molar-refractivity contribution >= 4 is 33.3 Å². The van der Waals surface area contributed by atoms with Gasteiger partial charge in [-0.3, -0.25) is 32.9 Å². The number of aromatic amines is 2. The molecular weight excluding hydrogens is 770 g/mol. The molecule has 2 aromatic rings. The third kappa shape index (κ3) is 9.50. The fourth-order valence-electron chi connectivity index (χ4n) is 7.43. The average Bonchev–Trinajstić information content (AvgIpc) is 3.43. The van der Waals surface area contributed by atoms with Crippen LogP contribution in [-0.4, -0.2) is 68.3 Å². The molecule has 302 valence electrons. The van der Waals surface area contributed by atoms with Gasteiger partial charge in [0.1, 0.15) is 6.10 Å². The Morgan fingerprint density at radius 1 is 0.906 bits per heavy atom. The van der Waals surface area contributed by atoms with Crippen LogP contribution in [0, 0.1) is 25.7 Å². The zero-order valence-corrected chi connectivity index (χ0v) is 33.2. The van der Waals surface area contributed by atoms with E-state index in [2.05, 4.69) is 28.3 Å². The third-order valence-corrected chi connectivity index (χ3v) is 11.7. The van der Waals surface area contributed by atoms with Crippen LogP contribution in [0.4, 0.5) is 13.2 Å². The molecule has 0 unspecified atom stereocenters. The Kier molecular flexibility index (Phi) is 15.2. The Labute approximate surface area is 315 Å². The summed E-state index contributed by atoms with van der Waals surface area (Å²) in [6, 6.07) is 0.0930. The number of aromatic nitrogens is 4. The highest BCUT2D eigenvalue weighted by Crippen LogP contribution is 2.49. The number of rotatable bonds is 9. The summed E-state index contributed by atoms with van der Waals surface area (Å²) >= 11 is 9.53. The van der Waals surface area contributed by atoms with Gasteiger partial charge in [0, 0.05) is 35.4 Å². The zero-order chi connectivity index (χ0) is 40.1. The van der Waals surface area contributed by atoms with Crippen molar-refractivity contribution in [3.05, 3.63) is 65.2 Å².